The Morgan fingerprint density at radius 2 is 1.60 bits per heavy atom. The molecule has 0 aromatic heterocycles. The molecule has 1 atom stereocenters. The Balaban J connectivity index is 0.00000320. The van der Waals surface area contributed by atoms with Crippen LogP contribution < -0.4 is 39.8 Å². The van der Waals surface area contributed by atoms with E-state index in [1.54, 1.807) is 6.07 Å². The SMILES string of the molecule is CCCCCCCCCC1Nc2cccc(S(=O)(=O)[O-])c2N1Cc1ccccc1.[Na+]. The molecule has 158 valence electrons. The van der Waals surface area contributed by atoms with E-state index < -0.39 is 10.1 Å². The maximum atomic E-state index is 11.9. The van der Waals surface area contributed by atoms with E-state index in [1.807, 2.05) is 41.3 Å². The molecule has 0 amide bonds. The maximum absolute atomic E-state index is 11.9. The van der Waals surface area contributed by atoms with Gasteiger partial charge in [-0.3, -0.25) is 0 Å². The number of fused-ring (bicyclic) bond motifs is 1. The van der Waals surface area contributed by atoms with Crippen molar-refractivity contribution in [1.82, 2.24) is 0 Å². The first-order valence-corrected chi connectivity index (χ1v) is 12.1. The summed E-state index contributed by atoms with van der Waals surface area (Å²) in [7, 11) is -4.55. The number of benzene rings is 2. The number of unbranched alkanes of at least 4 members (excludes halogenated alkanes) is 6. The molecule has 0 saturated carbocycles. The van der Waals surface area contributed by atoms with Gasteiger partial charge in [-0.2, -0.15) is 0 Å². The van der Waals surface area contributed by atoms with E-state index in [0.29, 0.717) is 12.2 Å². The predicted molar refractivity (Wildman–Crippen MR) is 117 cm³/mol. The topological polar surface area (TPSA) is 72.5 Å². The minimum absolute atomic E-state index is 0. The fourth-order valence-corrected chi connectivity index (χ4v) is 4.75. The minimum atomic E-state index is -4.55. The van der Waals surface area contributed by atoms with E-state index in [1.165, 1.54) is 44.6 Å². The molecule has 1 aliphatic heterocycles. The summed E-state index contributed by atoms with van der Waals surface area (Å²) >= 11 is 0. The van der Waals surface area contributed by atoms with E-state index in [2.05, 4.69) is 12.2 Å². The third-order valence-electron chi connectivity index (χ3n) is 5.53. The molecule has 1 N–H and O–H groups in total. The van der Waals surface area contributed by atoms with Crippen LogP contribution in [0.2, 0.25) is 0 Å². The van der Waals surface area contributed by atoms with Gasteiger partial charge in [0.15, 0.2) is 0 Å². The maximum Gasteiger partial charge on any atom is 1.00 e. The number of nitrogens with zero attached hydrogens (tertiary/aromatic N) is 1. The summed E-state index contributed by atoms with van der Waals surface area (Å²) in [6, 6.07) is 14.9. The molecule has 0 saturated heterocycles. The van der Waals surface area contributed by atoms with Gasteiger partial charge < -0.3 is 14.8 Å². The first kappa shape index (κ1) is 25.2. The van der Waals surface area contributed by atoms with Gasteiger partial charge in [-0.25, -0.2) is 8.42 Å². The largest absolute Gasteiger partial charge is 1.00 e. The standard InChI is InChI=1S/C23H32N2O3S.Na/c1-2-3-4-5-6-7-11-17-22-24-20-15-12-16-21(29(26,27)28)23(20)25(22)18-19-13-9-8-10-14-19;/h8-10,12-16,22,24H,2-7,11,17-18H2,1H3,(H,26,27,28);/q;+1/p-1. The molecule has 3 rings (SSSR count). The average molecular weight is 439 g/mol. The number of para-hydroxylation sites is 1. The molecule has 0 radical (unpaired) electrons. The molecule has 5 nitrogen and oxygen atoms in total. The minimum Gasteiger partial charge on any atom is -0.744 e. The Morgan fingerprint density at radius 1 is 0.933 bits per heavy atom. The summed E-state index contributed by atoms with van der Waals surface area (Å²) < 4.78 is 35.6. The molecule has 1 aliphatic rings. The van der Waals surface area contributed by atoms with Crippen molar-refractivity contribution in [2.45, 2.75) is 75.9 Å². The van der Waals surface area contributed by atoms with Gasteiger partial charge in [-0.15, -0.1) is 0 Å². The Kier molecular flexibility index (Phi) is 10.2. The Morgan fingerprint density at radius 3 is 2.27 bits per heavy atom. The summed E-state index contributed by atoms with van der Waals surface area (Å²) in [6.45, 7) is 2.79. The van der Waals surface area contributed by atoms with Gasteiger partial charge in [-0.1, -0.05) is 81.8 Å². The van der Waals surface area contributed by atoms with Crippen molar-refractivity contribution in [1.29, 1.82) is 0 Å². The van der Waals surface area contributed by atoms with Gasteiger partial charge >= 0.3 is 29.6 Å². The van der Waals surface area contributed by atoms with Crippen LogP contribution in [0.5, 0.6) is 0 Å². The van der Waals surface area contributed by atoms with Crippen LogP contribution >= 0.6 is 0 Å². The van der Waals surface area contributed by atoms with Crippen molar-refractivity contribution in [3.63, 3.8) is 0 Å². The van der Waals surface area contributed by atoms with Crippen LogP contribution in [0.15, 0.2) is 53.4 Å². The van der Waals surface area contributed by atoms with Crippen LogP contribution in [0, 0.1) is 0 Å². The van der Waals surface area contributed by atoms with Gasteiger partial charge in [0.2, 0.25) is 0 Å². The Bertz CT molecular complexity index is 891. The first-order chi connectivity index (χ1) is 14.0. The molecule has 0 spiro atoms. The van der Waals surface area contributed by atoms with Gasteiger partial charge in [0, 0.05) is 6.54 Å². The second kappa shape index (κ2) is 12.1. The number of rotatable bonds is 11. The van der Waals surface area contributed by atoms with Crippen molar-refractivity contribution >= 4 is 21.5 Å². The van der Waals surface area contributed by atoms with E-state index in [0.717, 1.165) is 24.1 Å². The monoisotopic (exact) mass is 438 g/mol. The Hall–Kier alpha value is -1.05. The van der Waals surface area contributed by atoms with Crippen LogP contribution in [-0.2, 0) is 16.7 Å². The third kappa shape index (κ3) is 6.72. The van der Waals surface area contributed by atoms with Crippen LogP contribution in [-0.4, -0.2) is 19.1 Å². The smallest absolute Gasteiger partial charge is 0.744 e. The zero-order valence-corrected chi connectivity index (χ0v) is 21.0. The van der Waals surface area contributed by atoms with Gasteiger partial charge in [-0.05, 0) is 30.5 Å². The molecule has 7 heteroatoms. The molecule has 0 aliphatic carbocycles. The summed E-state index contributed by atoms with van der Waals surface area (Å²) in [5.41, 5.74) is 2.33. The number of anilines is 2. The molecular weight excluding hydrogens is 407 g/mol. The van der Waals surface area contributed by atoms with Crippen molar-refractivity contribution in [2.75, 3.05) is 10.2 Å². The van der Waals surface area contributed by atoms with E-state index in [-0.39, 0.29) is 40.6 Å². The van der Waals surface area contributed by atoms with Crippen molar-refractivity contribution in [3.05, 3.63) is 54.1 Å². The predicted octanol–water partition coefficient (Wildman–Crippen LogP) is 2.49. The summed E-state index contributed by atoms with van der Waals surface area (Å²) in [5.74, 6) is 0. The Labute approximate surface area is 203 Å². The average Bonchev–Trinajstić information content (AvgIpc) is 3.05. The fourth-order valence-electron chi connectivity index (χ4n) is 4.04. The third-order valence-corrected chi connectivity index (χ3v) is 6.40. The molecule has 1 unspecified atom stereocenters. The van der Waals surface area contributed by atoms with Crippen molar-refractivity contribution < 1.29 is 42.5 Å². The number of hydrogen-bond acceptors (Lipinski definition) is 5. The van der Waals surface area contributed by atoms with Gasteiger partial charge in [0.25, 0.3) is 0 Å². The van der Waals surface area contributed by atoms with E-state index in [4.69, 9.17) is 0 Å². The normalized spacial score (nSPS) is 15.4. The number of hydrogen-bond donors (Lipinski definition) is 1. The van der Waals surface area contributed by atoms with Crippen molar-refractivity contribution in [3.8, 4) is 0 Å². The van der Waals surface area contributed by atoms with Crippen LogP contribution in [0.3, 0.4) is 0 Å². The molecule has 2 aromatic rings. The van der Waals surface area contributed by atoms with E-state index >= 15 is 0 Å². The fraction of sp³-hybridized carbons (Fsp3) is 0.478. The number of nitrogens with one attached hydrogen (secondary N) is 1. The van der Waals surface area contributed by atoms with Crippen LogP contribution in [0.4, 0.5) is 11.4 Å². The van der Waals surface area contributed by atoms with E-state index in [9.17, 15) is 13.0 Å². The summed E-state index contributed by atoms with van der Waals surface area (Å²) in [4.78, 5) is 1.91. The second-order valence-corrected chi connectivity index (χ2v) is 9.14. The van der Waals surface area contributed by atoms with Gasteiger partial charge in [0.05, 0.1) is 22.4 Å². The molecule has 1 heterocycles. The zero-order valence-electron chi connectivity index (χ0n) is 18.1. The second-order valence-electron chi connectivity index (χ2n) is 7.79. The summed E-state index contributed by atoms with van der Waals surface area (Å²) in [5, 5.41) is 3.45. The molecule has 30 heavy (non-hydrogen) atoms. The molecule has 0 fully saturated rings. The van der Waals surface area contributed by atoms with Crippen molar-refractivity contribution in [2.24, 2.45) is 0 Å². The zero-order chi connectivity index (χ0) is 20.7. The molecule has 0 bridgehead atoms. The quantitative estimate of drug-likeness (QED) is 0.332. The summed E-state index contributed by atoms with van der Waals surface area (Å²) in [6.07, 6.45) is 9.51. The van der Waals surface area contributed by atoms with Gasteiger partial charge in [0.1, 0.15) is 10.1 Å². The molecular formula is C23H31N2NaO3S. The van der Waals surface area contributed by atoms with Crippen LogP contribution in [0.1, 0.15) is 63.9 Å². The first-order valence-electron chi connectivity index (χ1n) is 10.7. The molecule has 2 aromatic carbocycles. The van der Waals surface area contributed by atoms with Crippen LogP contribution in [0.25, 0.3) is 0 Å².